The van der Waals surface area contributed by atoms with Gasteiger partial charge in [0.25, 0.3) is 0 Å². The lowest BCUT2D eigenvalue weighted by molar-refractivity contribution is 0.588. The smallest absolute Gasteiger partial charge is 0.240 e. The SMILES string of the molecule is CNS(=O)(=O)c1cccc(NCc2cncs2)c1. The van der Waals surface area contributed by atoms with Crippen LogP contribution in [0.25, 0.3) is 0 Å². The molecule has 18 heavy (non-hydrogen) atoms. The van der Waals surface area contributed by atoms with E-state index in [1.807, 2.05) is 6.07 Å². The van der Waals surface area contributed by atoms with Crippen LogP contribution in [0.3, 0.4) is 0 Å². The summed E-state index contributed by atoms with van der Waals surface area (Å²) >= 11 is 1.55. The monoisotopic (exact) mass is 283 g/mol. The summed E-state index contributed by atoms with van der Waals surface area (Å²) < 4.78 is 25.6. The number of aromatic nitrogens is 1. The number of nitrogens with one attached hydrogen (secondary N) is 2. The number of hydrogen-bond acceptors (Lipinski definition) is 5. The van der Waals surface area contributed by atoms with E-state index in [1.165, 1.54) is 7.05 Å². The first-order chi connectivity index (χ1) is 8.62. The summed E-state index contributed by atoms with van der Waals surface area (Å²) in [5.74, 6) is 0. The quantitative estimate of drug-likeness (QED) is 0.875. The number of sulfonamides is 1. The first-order valence-electron chi connectivity index (χ1n) is 5.26. The van der Waals surface area contributed by atoms with Crippen molar-refractivity contribution in [2.24, 2.45) is 0 Å². The van der Waals surface area contributed by atoms with Crippen molar-refractivity contribution in [2.45, 2.75) is 11.4 Å². The molecule has 1 heterocycles. The maximum Gasteiger partial charge on any atom is 0.240 e. The Bertz CT molecular complexity index is 609. The van der Waals surface area contributed by atoms with Crippen molar-refractivity contribution in [3.05, 3.63) is 40.8 Å². The number of benzene rings is 1. The van der Waals surface area contributed by atoms with Gasteiger partial charge in [-0.2, -0.15) is 0 Å². The molecule has 2 rings (SSSR count). The number of hydrogen-bond donors (Lipinski definition) is 2. The van der Waals surface area contributed by atoms with Gasteiger partial charge >= 0.3 is 0 Å². The molecule has 0 aliphatic heterocycles. The highest BCUT2D eigenvalue weighted by Gasteiger charge is 2.11. The topological polar surface area (TPSA) is 71.1 Å². The van der Waals surface area contributed by atoms with E-state index in [0.29, 0.717) is 6.54 Å². The summed E-state index contributed by atoms with van der Waals surface area (Å²) in [6.07, 6.45) is 1.78. The van der Waals surface area contributed by atoms with E-state index in [9.17, 15) is 8.42 Å². The van der Waals surface area contributed by atoms with Crippen LogP contribution in [0.2, 0.25) is 0 Å². The molecule has 0 saturated carbocycles. The molecule has 0 atom stereocenters. The van der Waals surface area contributed by atoms with Crippen molar-refractivity contribution in [2.75, 3.05) is 12.4 Å². The van der Waals surface area contributed by atoms with E-state index in [-0.39, 0.29) is 4.90 Å². The largest absolute Gasteiger partial charge is 0.380 e. The van der Waals surface area contributed by atoms with Crippen molar-refractivity contribution >= 4 is 27.0 Å². The summed E-state index contributed by atoms with van der Waals surface area (Å²) in [6.45, 7) is 0.633. The van der Waals surface area contributed by atoms with Gasteiger partial charge < -0.3 is 5.32 Å². The summed E-state index contributed by atoms with van der Waals surface area (Å²) in [5.41, 5.74) is 2.53. The van der Waals surface area contributed by atoms with Crippen LogP contribution in [0.4, 0.5) is 5.69 Å². The Balaban J connectivity index is 2.13. The third kappa shape index (κ3) is 3.06. The lowest BCUT2D eigenvalue weighted by Crippen LogP contribution is -2.18. The fourth-order valence-corrected chi connectivity index (χ4v) is 2.72. The Kier molecular flexibility index (Phi) is 3.95. The second-order valence-electron chi connectivity index (χ2n) is 3.56. The molecule has 7 heteroatoms. The Hall–Kier alpha value is -1.44. The highest BCUT2D eigenvalue weighted by atomic mass is 32.2. The van der Waals surface area contributed by atoms with E-state index in [1.54, 1.807) is 41.2 Å². The van der Waals surface area contributed by atoms with Gasteiger partial charge in [0.15, 0.2) is 0 Å². The molecule has 96 valence electrons. The minimum Gasteiger partial charge on any atom is -0.380 e. The van der Waals surface area contributed by atoms with Crippen LogP contribution in [0.1, 0.15) is 4.88 Å². The second kappa shape index (κ2) is 5.47. The van der Waals surface area contributed by atoms with E-state index < -0.39 is 10.0 Å². The minimum atomic E-state index is -3.39. The summed E-state index contributed by atoms with van der Waals surface area (Å²) in [5, 5.41) is 3.16. The molecule has 0 aliphatic rings. The van der Waals surface area contributed by atoms with Gasteiger partial charge in [0.05, 0.1) is 17.0 Å². The fourth-order valence-electron chi connectivity index (χ4n) is 1.41. The summed E-state index contributed by atoms with van der Waals surface area (Å²) in [6, 6.07) is 6.70. The Morgan fingerprint density at radius 2 is 2.22 bits per heavy atom. The highest BCUT2D eigenvalue weighted by Crippen LogP contribution is 2.16. The maximum absolute atomic E-state index is 11.6. The lowest BCUT2D eigenvalue weighted by atomic mass is 10.3. The fraction of sp³-hybridized carbons (Fsp3) is 0.182. The Morgan fingerprint density at radius 3 is 2.89 bits per heavy atom. The van der Waals surface area contributed by atoms with Crippen molar-refractivity contribution in [1.82, 2.24) is 9.71 Å². The number of nitrogens with zero attached hydrogens (tertiary/aromatic N) is 1. The standard InChI is InChI=1S/C11H13N3O2S2/c1-12-18(15,16)11-4-2-3-9(5-11)14-7-10-6-13-8-17-10/h2-6,8,12,14H,7H2,1H3. The Morgan fingerprint density at radius 1 is 1.39 bits per heavy atom. The van der Waals surface area contributed by atoms with Crippen molar-refractivity contribution in [3.63, 3.8) is 0 Å². The van der Waals surface area contributed by atoms with Gasteiger partial charge in [-0.3, -0.25) is 4.98 Å². The molecule has 2 N–H and O–H groups in total. The molecule has 0 unspecified atom stereocenters. The molecular formula is C11H13N3O2S2. The molecule has 0 spiro atoms. The lowest BCUT2D eigenvalue weighted by Gasteiger charge is -2.07. The van der Waals surface area contributed by atoms with Gasteiger partial charge in [-0.1, -0.05) is 6.07 Å². The van der Waals surface area contributed by atoms with Gasteiger partial charge in [0, 0.05) is 16.8 Å². The number of anilines is 1. The van der Waals surface area contributed by atoms with E-state index in [2.05, 4.69) is 15.0 Å². The van der Waals surface area contributed by atoms with Gasteiger partial charge in [0.2, 0.25) is 10.0 Å². The van der Waals surface area contributed by atoms with Crippen LogP contribution in [-0.4, -0.2) is 20.4 Å². The van der Waals surface area contributed by atoms with Crippen LogP contribution in [0, 0.1) is 0 Å². The predicted molar refractivity (Wildman–Crippen MR) is 72.1 cm³/mol. The molecule has 0 bridgehead atoms. The van der Waals surface area contributed by atoms with Crippen molar-refractivity contribution < 1.29 is 8.42 Å². The Labute approximate surface area is 110 Å². The van der Waals surface area contributed by atoms with Crippen LogP contribution < -0.4 is 10.0 Å². The van der Waals surface area contributed by atoms with E-state index in [4.69, 9.17) is 0 Å². The van der Waals surface area contributed by atoms with Crippen molar-refractivity contribution in [3.8, 4) is 0 Å². The van der Waals surface area contributed by atoms with Crippen LogP contribution >= 0.6 is 11.3 Å². The third-order valence-electron chi connectivity index (χ3n) is 2.36. The molecule has 1 aromatic heterocycles. The molecule has 1 aromatic carbocycles. The maximum atomic E-state index is 11.6. The molecule has 0 saturated heterocycles. The molecule has 0 aliphatic carbocycles. The zero-order valence-corrected chi connectivity index (χ0v) is 11.4. The molecule has 0 fully saturated rings. The summed E-state index contributed by atoms with van der Waals surface area (Å²) in [7, 11) is -2.00. The van der Waals surface area contributed by atoms with E-state index >= 15 is 0 Å². The molecule has 5 nitrogen and oxygen atoms in total. The number of rotatable bonds is 5. The van der Waals surface area contributed by atoms with Crippen LogP contribution in [0.15, 0.2) is 40.9 Å². The van der Waals surface area contributed by atoms with Crippen molar-refractivity contribution in [1.29, 1.82) is 0 Å². The second-order valence-corrected chi connectivity index (χ2v) is 6.41. The highest BCUT2D eigenvalue weighted by molar-refractivity contribution is 7.89. The molecule has 0 amide bonds. The van der Waals surface area contributed by atoms with Gasteiger partial charge in [-0.05, 0) is 25.2 Å². The van der Waals surface area contributed by atoms with Gasteiger partial charge in [-0.15, -0.1) is 11.3 Å². The zero-order chi connectivity index (χ0) is 13.0. The molecule has 2 aromatic rings. The average molecular weight is 283 g/mol. The zero-order valence-electron chi connectivity index (χ0n) is 9.75. The molecular weight excluding hydrogens is 270 g/mol. The first kappa shape index (κ1) is 13.0. The first-order valence-corrected chi connectivity index (χ1v) is 7.63. The normalized spacial score (nSPS) is 11.4. The third-order valence-corrected chi connectivity index (χ3v) is 4.55. The van der Waals surface area contributed by atoms with Crippen LogP contribution in [0.5, 0.6) is 0 Å². The van der Waals surface area contributed by atoms with Crippen LogP contribution in [-0.2, 0) is 16.6 Å². The molecule has 0 radical (unpaired) electrons. The minimum absolute atomic E-state index is 0.249. The van der Waals surface area contributed by atoms with E-state index in [0.717, 1.165) is 10.6 Å². The van der Waals surface area contributed by atoms with Gasteiger partial charge in [-0.25, -0.2) is 13.1 Å². The summed E-state index contributed by atoms with van der Waals surface area (Å²) in [4.78, 5) is 5.32. The van der Waals surface area contributed by atoms with Gasteiger partial charge in [0.1, 0.15) is 0 Å². The average Bonchev–Trinajstić information content (AvgIpc) is 2.90. The number of thiazole rings is 1. The predicted octanol–water partition coefficient (Wildman–Crippen LogP) is 1.66.